The van der Waals surface area contributed by atoms with Gasteiger partial charge in [-0.2, -0.15) is 0 Å². The summed E-state index contributed by atoms with van der Waals surface area (Å²) in [7, 11) is 1.72. The van der Waals surface area contributed by atoms with Crippen LogP contribution in [0.2, 0.25) is 0 Å². The van der Waals surface area contributed by atoms with Crippen molar-refractivity contribution in [2.24, 2.45) is 0 Å². The lowest BCUT2D eigenvalue weighted by Crippen LogP contribution is -2.02. The second-order valence-corrected chi connectivity index (χ2v) is 4.83. The number of aryl methyl sites for hydroxylation is 1. The van der Waals surface area contributed by atoms with Crippen LogP contribution in [0.15, 0.2) is 42.7 Å². The van der Waals surface area contributed by atoms with E-state index in [1.165, 1.54) is 28.7 Å². The second-order valence-electron chi connectivity index (χ2n) is 4.83. The molecule has 1 heterocycles. The number of pyridine rings is 1. The molecular weight excluding hydrogens is 234 g/mol. The predicted octanol–water partition coefficient (Wildman–Crippen LogP) is 3.97. The summed E-state index contributed by atoms with van der Waals surface area (Å²) >= 11 is 0. The van der Waals surface area contributed by atoms with Crippen LogP contribution in [-0.2, 0) is 6.42 Å². The van der Waals surface area contributed by atoms with Gasteiger partial charge >= 0.3 is 0 Å². The van der Waals surface area contributed by atoms with Gasteiger partial charge in [-0.1, -0.05) is 12.1 Å². The Hall–Kier alpha value is -2.09. The molecule has 0 saturated carbocycles. The Bertz CT molecular complexity index is 602. The van der Waals surface area contributed by atoms with Gasteiger partial charge in [0.2, 0.25) is 0 Å². The van der Waals surface area contributed by atoms with E-state index in [1.807, 2.05) is 24.5 Å². The number of ether oxygens (including phenoxy) is 1. The van der Waals surface area contributed by atoms with Crippen LogP contribution in [0.4, 0.5) is 0 Å². The molecule has 2 heteroatoms. The normalized spacial score (nSPS) is 16.2. The molecule has 1 aliphatic rings. The highest BCUT2D eigenvalue weighted by Crippen LogP contribution is 2.34. The van der Waals surface area contributed by atoms with Gasteiger partial charge in [0.05, 0.1) is 7.11 Å². The van der Waals surface area contributed by atoms with Crippen LogP contribution in [0, 0.1) is 0 Å². The summed E-state index contributed by atoms with van der Waals surface area (Å²) in [5.41, 5.74) is 5.31. The number of fused-ring (bicyclic) bond motifs is 1. The van der Waals surface area contributed by atoms with Crippen molar-refractivity contribution in [2.75, 3.05) is 7.11 Å². The lowest BCUT2D eigenvalue weighted by molar-refractivity contribution is 0.414. The van der Waals surface area contributed by atoms with Crippen molar-refractivity contribution in [3.8, 4) is 5.75 Å². The van der Waals surface area contributed by atoms with E-state index in [0.717, 1.165) is 18.6 Å². The standard InChI is InChI=1S/C17H17NO/c1-19-16-7-8-17-14(5-2-6-15(17)11-16)10-13-4-3-9-18-12-13/h3-4,7-12H,2,5-6H2,1H3. The number of aromatic nitrogens is 1. The van der Waals surface area contributed by atoms with Crippen LogP contribution in [0.25, 0.3) is 11.6 Å². The average molecular weight is 251 g/mol. The van der Waals surface area contributed by atoms with E-state index in [4.69, 9.17) is 4.74 Å². The van der Waals surface area contributed by atoms with Gasteiger partial charge in [0, 0.05) is 12.4 Å². The Morgan fingerprint density at radius 2 is 2.16 bits per heavy atom. The highest BCUT2D eigenvalue weighted by Gasteiger charge is 2.14. The zero-order chi connectivity index (χ0) is 13.1. The first-order valence-electron chi connectivity index (χ1n) is 6.65. The Kier molecular flexibility index (Phi) is 3.32. The SMILES string of the molecule is COc1ccc2c(c1)CCCC2=Cc1cccnc1. The largest absolute Gasteiger partial charge is 0.497 e. The van der Waals surface area contributed by atoms with E-state index < -0.39 is 0 Å². The lowest BCUT2D eigenvalue weighted by atomic mass is 9.86. The first kappa shape index (κ1) is 12.0. The summed E-state index contributed by atoms with van der Waals surface area (Å²) in [4.78, 5) is 4.17. The summed E-state index contributed by atoms with van der Waals surface area (Å²) < 4.78 is 5.30. The third-order valence-corrected chi connectivity index (χ3v) is 3.58. The van der Waals surface area contributed by atoms with Crippen molar-refractivity contribution >= 4 is 11.6 Å². The van der Waals surface area contributed by atoms with Crippen LogP contribution in [0.3, 0.4) is 0 Å². The molecule has 0 atom stereocenters. The zero-order valence-corrected chi connectivity index (χ0v) is 11.1. The van der Waals surface area contributed by atoms with Gasteiger partial charge in [-0.05, 0) is 65.8 Å². The monoisotopic (exact) mass is 251 g/mol. The minimum Gasteiger partial charge on any atom is -0.497 e. The van der Waals surface area contributed by atoms with Gasteiger partial charge in [-0.15, -0.1) is 0 Å². The van der Waals surface area contributed by atoms with Crippen LogP contribution in [0.5, 0.6) is 5.75 Å². The van der Waals surface area contributed by atoms with Gasteiger partial charge in [-0.25, -0.2) is 0 Å². The van der Waals surface area contributed by atoms with Gasteiger partial charge < -0.3 is 4.74 Å². The molecule has 0 bridgehead atoms. The van der Waals surface area contributed by atoms with E-state index >= 15 is 0 Å². The molecule has 0 fully saturated rings. The van der Waals surface area contributed by atoms with Crippen molar-refractivity contribution in [2.45, 2.75) is 19.3 Å². The maximum absolute atomic E-state index is 5.30. The number of hydrogen-bond donors (Lipinski definition) is 0. The Balaban J connectivity index is 2.01. The number of rotatable bonds is 2. The predicted molar refractivity (Wildman–Crippen MR) is 78.0 cm³/mol. The highest BCUT2D eigenvalue weighted by molar-refractivity contribution is 5.83. The highest BCUT2D eigenvalue weighted by atomic mass is 16.5. The number of benzene rings is 1. The quantitative estimate of drug-likeness (QED) is 0.805. The molecule has 0 spiro atoms. The Morgan fingerprint density at radius 1 is 1.21 bits per heavy atom. The summed E-state index contributed by atoms with van der Waals surface area (Å²) in [6.07, 6.45) is 9.43. The van der Waals surface area contributed by atoms with E-state index in [1.54, 1.807) is 7.11 Å². The topological polar surface area (TPSA) is 22.1 Å². The molecule has 0 aliphatic heterocycles. The van der Waals surface area contributed by atoms with Crippen LogP contribution in [0.1, 0.15) is 29.5 Å². The zero-order valence-electron chi connectivity index (χ0n) is 11.1. The Morgan fingerprint density at radius 3 is 2.95 bits per heavy atom. The van der Waals surface area contributed by atoms with Crippen LogP contribution >= 0.6 is 0 Å². The number of allylic oxidation sites excluding steroid dienone is 1. The maximum atomic E-state index is 5.30. The molecule has 2 nitrogen and oxygen atoms in total. The molecular formula is C17H17NO. The van der Waals surface area contributed by atoms with Crippen molar-refractivity contribution < 1.29 is 4.74 Å². The number of methoxy groups -OCH3 is 1. The van der Waals surface area contributed by atoms with Gasteiger partial charge in [0.15, 0.2) is 0 Å². The molecule has 1 aromatic heterocycles. The third-order valence-electron chi connectivity index (χ3n) is 3.58. The molecule has 0 N–H and O–H groups in total. The molecule has 0 radical (unpaired) electrons. The minimum atomic E-state index is 0.946. The number of hydrogen-bond acceptors (Lipinski definition) is 2. The molecule has 19 heavy (non-hydrogen) atoms. The fraction of sp³-hybridized carbons (Fsp3) is 0.235. The molecule has 96 valence electrons. The maximum Gasteiger partial charge on any atom is 0.119 e. The average Bonchev–Trinajstić information content (AvgIpc) is 2.48. The van der Waals surface area contributed by atoms with E-state index in [9.17, 15) is 0 Å². The molecule has 1 aromatic carbocycles. The number of nitrogens with zero attached hydrogens (tertiary/aromatic N) is 1. The molecule has 0 amide bonds. The smallest absolute Gasteiger partial charge is 0.119 e. The van der Waals surface area contributed by atoms with Gasteiger partial charge in [-0.3, -0.25) is 4.98 Å². The van der Waals surface area contributed by atoms with Gasteiger partial charge in [0.1, 0.15) is 5.75 Å². The van der Waals surface area contributed by atoms with Crippen molar-refractivity contribution in [3.63, 3.8) is 0 Å². The molecule has 0 saturated heterocycles. The minimum absolute atomic E-state index is 0.946. The molecule has 3 rings (SSSR count). The lowest BCUT2D eigenvalue weighted by Gasteiger charge is -2.20. The fourth-order valence-corrected chi connectivity index (χ4v) is 2.63. The summed E-state index contributed by atoms with van der Waals surface area (Å²) in [6, 6.07) is 10.4. The van der Waals surface area contributed by atoms with Crippen molar-refractivity contribution in [1.82, 2.24) is 4.98 Å². The first-order chi connectivity index (χ1) is 9.36. The van der Waals surface area contributed by atoms with E-state index in [2.05, 4.69) is 29.3 Å². The first-order valence-corrected chi connectivity index (χ1v) is 6.65. The van der Waals surface area contributed by atoms with Crippen molar-refractivity contribution in [3.05, 3.63) is 59.4 Å². The Labute approximate surface area is 113 Å². The third kappa shape index (κ3) is 2.53. The summed E-state index contributed by atoms with van der Waals surface area (Å²) in [5, 5.41) is 0. The summed E-state index contributed by atoms with van der Waals surface area (Å²) in [6.45, 7) is 0. The van der Waals surface area contributed by atoms with E-state index in [-0.39, 0.29) is 0 Å². The molecule has 2 aromatic rings. The van der Waals surface area contributed by atoms with E-state index in [0.29, 0.717) is 0 Å². The second kappa shape index (κ2) is 5.27. The molecule has 1 aliphatic carbocycles. The fourth-order valence-electron chi connectivity index (χ4n) is 2.63. The molecule has 0 unspecified atom stereocenters. The van der Waals surface area contributed by atoms with Crippen molar-refractivity contribution in [1.29, 1.82) is 0 Å². The van der Waals surface area contributed by atoms with Crippen LogP contribution in [-0.4, -0.2) is 12.1 Å². The van der Waals surface area contributed by atoms with Gasteiger partial charge in [0.25, 0.3) is 0 Å². The summed E-state index contributed by atoms with van der Waals surface area (Å²) in [5.74, 6) is 0.946. The van der Waals surface area contributed by atoms with Crippen LogP contribution < -0.4 is 4.74 Å².